The second-order valence-corrected chi connectivity index (χ2v) is 5.33. The van der Waals surface area contributed by atoms with E-state index >= 15 is 0 Å². The fourth-order valence-corrected chi connectivity index (χ4v) is 2.08. The molecule has 2 aromatic rings. The van der Waals surface area contributed by atoms with Crippen molar-refractivity contribution in [3.8, 4) is 11.5 Å². The van der Waals surface area contributed by atoms with E-state index in [1.807, 2.05) is 62.4 Å². The Morgan fingerprint density at radius 2 is 1.88 bits per heavy atom. The van der Waals surface area contributed by atoms with Gasteiger partial charge in [-0.2, -0.15) is 0 Å². The predicted octanol–water partition coefficient (Wildman–Crippen LogP) is 3.82. The number of aliphatic imine (C=N–C) groups is 1. The number of halogens is 1. The molecule has 1 atom stereocenters. The summed E-state index contributed by atoms with van der Waals surface area (Å²) in [6.07, 6.45) is -0.0973. The second kappa shape index (κ2) is 10.0. The summed E-state index contributed by atoms with van der Waals surface area (Å²) < 4.78 is 11.0. The maximum atomic E-state index is 5.91. The minimum Gasteiger partial charge on any atom is -0.497 e. The first kappa shape index (κ1) is 20.1. The summed E-state index contributed by atoms with van der Waals surface area (Å²) in [5.74, 6) is 1.88. The number of nitrogens with zero attached hydrogens (tertiary/aromatic N) is 1. The van der Waals surface area contributed by atoms with Gasteiger partial charge in [0.1, 0.15) is 17.6 Å². The molecule has 0 saturated carbocycles. The molecule has 2 rings (SSSR count). The Bertz CT molecular complexity index is 677. The van der Waals surface area contributed by atoms with Crippen molar-refractivity contribution in [1.82, 2.24) is 0 Å². The van der Waals surface area contributed by atoms with Crippen molar-refractivity contribution in [3.63, 3.8) is 0 Å². The lowest BCUT2D eigenvalue weighted by Crippen LogP contribution is -2.25. The highest BCUT2D eigenvalue weighted by molar-refractivity contribution is 14.0. The zero-order valence-corrected chi connectivity index (χ0v) is 16.5. The molecular formula is C18H24IN3O2. The molecule has 0 fully saturated rings. The lowest BCUT2D eigenvalue weighted by Gasteiger charge is -2.14. The van der Waals surface area contributed by atoms with Crippen LogP contribution >= 0.6 is 24.0 Å². The Kier molecular flexibility index (Phi) is 8.39. The van der Waals surface area contributed by atoms with Crippen molar-refractivity contribution in [3.05, 3.63) is 54.1 Å². The highest BCUT2D eigenvalue weighted by Crippen LogP contribution is 2.20. The van der Waals surface area contributed by atoms with Gasteiger partial charge in [0.15, 0.2) is 5.96 Å². The highest BCUT2D eigenvalue weighted by atomic mass is 127. The first-order valence-electron chi connectivity index (χ1n) is 7.51. The van der Waals surface area contributed by atoms with Crippen LogP contribution in [-0.4, -0.2) is 25.7 Å². The van der Waals surface area contributed by atoms with Crippen molar-refractivity contribution in [2.45, 2.75) is 20.0 Å². The van der Waals surface area contributed by atoms with E-state index in [2.05, 4.69) is 10.3 Å². The molecule has 0 heterocycles. The lowest BCUT2D eigenvalue weighted by molar-refractivity contribution is 0.229. The van der Waals surface area contributed by atoms with Crippen molar-refractivity contribution < 1.29 is 9.47 Å². The Labute approximate surface area is 160 Å². The van der Waals surface area contributed by atoms with Gasteiger partial charge < -0.3 is 20.5 Å². The first-order valence-corrected chi connectivity index (χ1v) is 7.51. The zero-order valence-electron chi connectivity index (χ0n) is 14.2. The van der Waals surface area contributed by atoms with Crippen LogP contribution in [0, 0.1) is 6.92 Å². The third kappa shape index (κ3) is 6.66. The average molecular weight is 441 g/mol. The van der Waals surface area contributed by atoms with E-state index < -0.39 is 0 Å². The minimum atomic E-state index is -0.0973. The van der Waals surface area contributed by atoms with Gasteiger partial charge in [-0.25, -0.2) is 4.99 Å². The summed E-state index contributed by atoms with van der Waals surface area (Å²) in [5.41, 5.74) is 7.99. The molecule has 0 spiro atoms. The third-order valence-electron chi connectivity index (χ3n) is 3.19. The van der Waals surface area contributed by atoms with E-state index in [0.717, 1.165) is 22.7 Å². The molecule has 0 aromatic heterocycles. The molecule has 1 unspecified atom stereocenters. The molecule has 0 aliphatic carbocycles. The Morgan fingerprint density at radius 1 is 1.17 bits per heavy atom. The van der Waals surface area contributed by atoms with Gasteiger partial charge in [-0.1, -0.05) is 18.2 Å². The van der Waals surface area contributed by atoms with E-state index in [0.29, 0.717) is 12.5 Å². The second-order valence-electron chi connectivity index (χ2n) is 5.33. The molecule has 24 heavy (non-hydrogen) atoms. The van der Waals surface area contributed by atoms with Crippen LogP contribution in [0.5, 0.6) is 11.5 Å². The Balaban J connectivity index is 0.00000288. The number of benzene rings is 2. The third-order valence-corrected chi connectivity index (χ3v) is 3.19. The van der Waals surface area contributed by atoms with E-state index in [1.165, 1.54) is 0 Å². The molecular weight excluding hydrogens is 417 g/mol. The number of nitrogens with two attached hydrogens (primary N) is 1. The Hall–Kier alpha value is -1.96. The molecule has 0 saturated heterocycles. The van der Waals surface area contributed by atoms with Gasteiger partial charge in [-0.3, -0.25) is 0 Å². The summed E-state index contributed by atoms with van der Waals surface area (Å²) in [5, 5.41) is 3.07. The van der Waals surface area contributed by atoms with Crippen LogP contribution in [0.4, 0.5) is 5.69 Å². The smallest absolute Gasteiger partial charge is 0.193 e. The predicted molar refractivity (Wildman–Crippen MR) is 110 cm³/mol. The van der Waals surface area contributed by atoms with Crippen LogP contribution in [0.3, 0.4) is 0 Å². The van der Waals surface area contributed by atoms with Gasteiger partial charge in [-0.05, 0) is 43.7 Å². The standard InChI is InChI=1S/C18H23N3O2.HI/c1-13-6-4-7-15(10-13)21-18(19)20-12-14(2)23-17-9-5-8-16(11-17)22-3;/h4-11,14H,12H2,1-3H3,(H3,19,20,21);1H. The number of guanidine groups is 1. The van der Waals surface area contributed by atoms with Gasteiger partial charge in [0.25, 0.3) is 0 Å². The van der Waals surface area contributed by atoms with E-state index in [1.54, 1.807) is 7.11 Å². The van der Waals surface area contributed by atoms with E-state index in [9.17, 15) is 0 Å². The van der Waals surface area contributed by atoms with E-state index in [-0.39, 0.29) is 30.1 Å². The van der Waals surface area contributed by atoms with Gasteiger partial charge in [-0.15, -0.1) is 24.0 Å². The van der Waals surface area contributed by atoms with E-state index in [4.69, 9.17) is 15.2 Å². The fourth-order valence-electron chi connectivity index (χ4n) is 2.08. The fraction of sp³-hybridized carbons (Fsp3) is 0.278. The van der Waals surface area contributed by atoms with Crippen LogP contribution in [0.15, 0.2) is 53.5 Å². The number of rotatable bonds is 6. The summed E-state index contributed by atoms with van der Waals surface area (Å²) >= 11 is 0. The summed E-state index contributed by atoms with van der Waals surface area (Å²) in [4.78, 5) is 4.31. The maximum Gasteiger partial charge on any atom is 0.193 e. The van der Waals surface area contributed by atoms with Gasteiger partial charge in [0, 0.05) is 11.8 Å². The molecule has 0 amide bonds. The number of ether oxygens (including phenoxy) is 2. The molecule has 0 aliphatic rings. The van der Waals surface area contributed by atoms with Crippen molar-refractivity contribution in [2.24, 2.45) is 10.7 Å². The summed E-state index contributed by atoms with van der Waals surface area (Å²) in [6.45, 7) is 4.44. The lowest BCUT2D eigenvalue weighted by atomic mass is 10.2. The number of hydrogen-bond acceptors (Lipinski definition) is 3. The molecule has 5 nitrogen and oxygen atoms in total. The normalized spacial score (nSPS) is 12.0. The topological polar surface area (TPSA) is 68.9 Å². The van der Waals surface area contributed by atoms with Crippen LogP contribution in [0.2, 0.25) is 0 Å². The van der Waals surface area contributed by atoms with Gasteiger partial charge in [0.2, 0.25) is 0 Å². The molecule has 130 valence electrons. The number of methoxy groups -OCH3 is 1. The van der Waals surface area contributed by atoms with Gasteiger partial charge in [0.05, 0.1) is 13.7 Å². The quantitative estimate of drug-likeness (QED) is 0.407. The monoisotopic (exact) mass is 441 g/mol. The van der Waals surface area contributed by atoms with Crippen LogP contribution < -0.4 is 20.5 Å². The summed E-state index contributed by atoms with van der Waals surface area (Å²) in [6, 6.07) is 15.5. The zero-order chi connectivity index (χ0) is 16.7. The van der Waals surface area contributed by atoms with Crippen molar-refractivity contribution in [1.29, 1.82) is 0 Å². The number of nitrogens with one attached hydrogen (secondary N) is 1. The number of aryl methyl sites for hydroxylation is 1. The minimum absolute atomic E-state index is 0. The SMILES string of the molecule is COc1cccc(OC(C)CN=C(N)Nc2cccc(C)c2)c1.I. The van der Waals surface area contributed by atoms with Crippen LogP contribution in [-0.2, 0) is 0 Å². The Morgan fingerprint density at radius 3 is 2.58 bits per heavy atom. The van der Waals surface area contributed by atoms with Crippen LogP contribution in [0.1, 0.15) is 12.5 Å². The summed E-state index contributed by atoms with van der Waals surface area (Å²) in [7, 11) is 1.63. The van der Waals surface area contributed by atoms with Crippen molar-refractivity contribution in [2.75, 3.05) is 19.0 Å². The molecule has 0 radical (unpaired) electrons. The molecule has 0 aliphatic heterocycles. The molecule has 6 heteroatoms. The number of hydrogen-bond donors (Lipinski definition) is 2. The average Bonchev–Trinajstić information content (AvgIpc) is 2.53. The highest BCUT2D eigenvalue weighted by Gasteiger charge is 2.05. The largest absolute Gasteiger partial charge is 0.497 e. The molecule has 2 aromatic carbocycles. The van der Waals surface area contributed by atoms with Gasteiger partial charge >= 0.3 is 0 Å². The number of anilines is 1. The molecule has 3 N–H and O–H groups in total. The van der Waals surface area contributed by atoms with Crippen LogP contribution in [0.25, 0.3) is 0 Å². The molecule has 0 bridgehead atoms. The first-order chi connectivity index (χ1) is 11.1. The maximum absolute atomic E-state index is 5.91. The van der Waals surface area contributed by atoms with Crippen molar-refractivity contribution >= 4 is 35.6 Å².